The molecule has 3 nitrogen and oxygen atoms in total. The number of aromatic nitrogens is 2. The molecular weight excluding hydrogens is 267 g/mol. The lowest BCUT2D eigenvalue weighted by molar-refractivity contribution is 0.0766. The number of benzene rings is 1. The topological polar surface area (TPSA) is 27.1 Å². The molecule has 2 heterocycles. The van der Waals surface area contributed by atoms with Crippen molar-refractivity contribution < 1.29 is 9.13 Å². The second kappa shape index (κ2) is 4.46. The fourth-order valence-electron chi connectivity index (χ4n) is 2.88. The molecule has 2 aromatic rings. The second-order valence-electron chi connectivity index (χ2n) is 5.25. The van der Waals surface area contributed by atoms with Gasteiger partial charge in [0.1, 0.15) is 11.6 Å². The van der Waals surface area contributed by atoms with Crippen LogP contribution in [-0.4, -0.2) is 22.3 Å². The van der Waals surface area contributed by atoms with Gasteiger partial charge in [0.05, 0.1) is 28.6 Å². The molecule has 0 bridgehead atoms. The van der Waals surface area contributed by atoms with E-state index in [1.807, 2.05) is 0 Å². The summed E-state index contributed by atoms with van der Waals surface area (Å²) in [6.07, 6.45) is 0.984. The van der Waals surface area contributed by atoms with Gasteiger partial charge in [-0.05, 0) is 32.4 Å². The van der Waals surface area contributed by atoms with E-state index in [0.717, 1.165) is 24.4 Å². The Hall–Kier alpha value is -1.13. The van der Waals surface area contributed by atoms with Crippen LogP contribution < -0.4 is 0 Å². The maximum Gasteiger partial charge on any atom is 0.125 e. The van der Waals surface area contributed by atoms with Gasteiger partial charge in [-0.15, -0.1) is 11.6 Å². The number of nitrogens with zero attached hydrogens (tertiary/aromatic N) is 2. The Bertz CT molecular complexity index is 627. The van der Waals surface area contributed by atoms with Crippen LogP contribution in [0.15, 0.2) is 18.2 Å². The summed E-state index contributed by atoms with van der Waals surface area (Å²) in [5.74, 6) is 0.791. The third-order valence-corrected chi connectivity index (χ3v) is 4.41. The molecule has 102 valence electrons. The van der Waals surface area contributed by atoms with Gasteiger partial charge in [0.15, 0.2) is 0 Å². The summed E-state index contributed by atoms with van der Waals surface area (Å²) >= 11 is 6.01. The van der Waals surface area contributed by atoms with Crippen molar-refractivity contribution >= 4 is 22.6 Å². The van der Waals surface area contributed by atoms with E-state index in [1.54, 1.807) is 6.07 Å². The van der Waals surface area contributed by atoms with Crippen molar-refractivity contribution in [1.29, 1.82) is 0 Å². The quantitative estimate of drug-likeness (QED) is 0.789. The van der Waals surface area contributed by atoms with E-state index in [1.165, 1.54) is 12.1 Å². The smallest absolute Gasteiger partial charge is 0.125 e. The summed E-state index contributed by atoms with van der Waals surface area (Å²) in [6, 6.07) is 4.68. The molecule has 0 aliphatic carbocycles. The number of imidazole rings is 1. The predicted molar refractivity (Wildman–Crippen MR) is 72.9 cm³/mol. The lowest BCUT2D eigenvalue weighted by atomic mass is 9.93. The van der Waals surface area contributed by atoms with Crippen LogP contribution in [-0.2, 0) is 16.2 Å². The van der Waals surface area contributed by atoms with Crippen LogP contribution in [0.25, 0.3) is 11.0 Å². The standard InChI is InChI=1S/C14H16ClFN2O/c1-9-14(2,5-6-19-9)18-12-4-3-10(16)7-11(12)17-13(18)8-15/h3-4,7,9H,5-6,8H2,1-2H3. The van der Waals surface area contributed by atoms with Gasteiger partial charge >= 0.3 is 0 Å². The molecule has 0 radical (unpaired) electrons. The number of hydrogen-bond donors (Lipinski definition) is 0. The van der Waals surface area contributed by atoms with Crippen molar-refractivity contribution in [2.45, 2.75) is 37.8 Å². The highest BCUT2D eigenvalue weighted by molar-refractivity contribution is 6.16. The van der Waals surface area contributed by atoms with Crippen LogP contribution in [0.1, 0.15) is 26.1 Å². The summed E-state index contributed by atoms with van der Waals surface area (Å²) in [6.45, 7) is 4.92. The molecule has 2 unspecified atom stereocenters. The van der Waals surface area contributed by atoms with Crippen molar-refractivity contribution in [1.82, 2.24) is 9.55 Å². The van der Waals surface area contributed by atoms with Crippen molar-refractivity contribution in [3.8, 4) is 0 Å². The van der Waals surface area contributed by atoms with Gasteiger partial charge in [0.2, 0.25) is 0 Å². The summed E-state index contributed by atoms with van der Waals surface area (Å²) in [5, 5.41) is 0. The number of ether oxygens (including phenoxy) is 1. The van der Waals surface area contributed by atoms with Crippen molar-refractivity contribution in [2.75, 3.05) is 6.61 Å². The van der Waals surface area contributed by atoms with Crippen molar-refractivity contribution in [2.24, 2.45) is 0 Å². The molecule has 1 aromatic carbocycles. The van der Waals surface area contributed by atoms with Gasteiger partial charge in [0.25, 0.3) is 0 Å². The largest absolute Gasteiger partial charge is 0.376 e. The molecule has 1 aliphatic heterocycles. The molecule has 0 N–H and O–H groups in total. The van der Waals surface area contributed by atoms with Gasteiger partial charge in [-0.3, -0.25) is 0 Å². The molecule has 0 saturated carbocycles. The van der Waals surface area contributed by atoms with Gasteiger partial charge in [-0.1, -0.05) is 0 Å². The van der Waals surface area contributed by atoms with Crippen LogP contribution in [0.4, 0.5) is 4.39 Å². The summed E-state index contributed by atoms with van der Waals surface area (Å²) in [7, 11) is 0. The minimum absolute atomic E-state index is 0.0805. The van der Waals surface area contributed by atoms with E-state index in [2.05, 4.69) is 23.4 Å². The minimum Gasteiger partial charge on any atom is -0.376 e. The first-order valence-electron chi connectivity index (χ1n) is 6.41. The highest BCUT2D eigenvalue weighted by Gasteiger charge is 2.40. The Morgan fingerprint density at radius 1 is 1.58 bits per heavy atom. The van der Waals surface area contributed by atoms with Crippen molar-refractivity contribution in [3.05, 3.63) is 29.8 Å². The third-order valence-electron chi connectivity index (χ3n) is 4.17. The fraction of sp³-hybridized carbons (Fsp3) is 0.500. The molecule has 0 spiro atoms. The van der Waals surface area contributed by atoms with Gasteiger partial charge in [0, 0.05) is 12.7 Å². The van der Waals surface area contributed by atoms with E-state index in [0.29, 0.717) is 11.4 Å². The molecule has 1 saturated heterocycles. The average Bonchev–Trinajstić information content (AvgIpc) is 2.91. The lowest BCUT2D eigenvalue weighted by Crippen LogP contribution is -2.37. The molecule has 1 fully saturated rings. The Balaban J connectivity index is 2.27. The highest BCUT2D eigenvalue weighted by Crippen LogP contribution is 2.37. The van der Waals surface area contributed by atoms with Gasteiger partial charge < -0.3 is 9.30 Å². The summed E-state index contributed by atoms with van der Waals surface area (Å²) in [4.78, 5) is 4.45. The summed E-state index contributed by atoms with van der Waals surface area (Å²) < 4.78 is 21.1. The first-order valence-corrected chi connectivity index (χ1v) is 6.94. The van der Waals surface area contributed by atoms with Crippen LogP contribution in [0, 0.1) is 5.82 Å². The number of halogens is 2. The van der Waals surface area contributed by atoms with E-state index in [9.17, 15) is 4.39 Å². The zero-order valence-electron chi connectivity index (χ0n) is 11.0. The lowest BCUT2D eigenvalue weighted by Gasteiger charge is -2.31. The maximum atomic E-state index is 13.3. The first-order chi connectivity index (χ1) is 9.06. The molecule has 0 amide bonds. The predicted octanol–water partition coefficient (Wildman–Crippen LogP) is 3.44. The molecule has 1 aromatic heterocycles. The molecular formula is C14H16ClFN2O. The van der Waals surface area contributed by atoms with E-state index >= 15 is 0 Å². The number of alkyl halides is 1. The fourth-order valence-corrected chi connectivity index (χ4v) is 3.06. The molecule has 1 aliphatic rings. The SMILES string of the molecule is CC1OCCC1(C)n1c(CCl)nc2cc(F)ccc21. The number of rotatable bonds is 2. The first kappa shape index (κ1) is 12.9. The van der Waals surface area contributed by atoms with E-state index in [4.69, 9.17) is 16.3 Å². The van der Waals surface area contributed by atoms with E-state index < -0.39 is 0 Å². The highest BCUT2D eigenvalue weighted by atomic mass is 35.5. The second-order valence-corrected chi connectivity index (χ2v) is 5.52. The monoisotopic (exact) mass is 282 g/mol. The Labute approximate surface area is 116 Å². The minimum atomic E-state index is -0.279. The van der Waals surface area contributed by atoms with Crippen LogP contribution in [0.2, 0.25) is 0 Å². The molecule has 19 heavy (non-hydrogen) atoms. The van der Waals surface area contributed by atoms with Crippen LogP contribution in [0.3, 0.4) is 0 Å². The normalized spacial score (nSPS) is 27.3. The van der Waals surface area contributed by atoms with Gasteiger partial charge in [-0.25, -0.2) is 9.37 Å². The summed E-state index contributed by atoms with van der Waals surface area (Å²) in [5.41, 5.74) is 1.38. The van der Waals surface area contributed by atoms with Crippen molar-refractivity contribution in [3.63, 3.8) is 0 Å². The zero-order valence-corrected chi connectivity index (χ0v) is 11.7. The zero-order chi connectivity index (χ0) is 13.6. The number of hydrogen-bond acceptors (Lipinski definition) is 2. The molecule has 2 atom stereocenters. The Kier molecular flexibility index (Phi) is 3.02. The molecule has 5 heteroatoms. The average molecular weight is 283 g/mol. The van der Waals surface area contributed by atoms with Gasteiger partial charge in [-0.2, -0.15) is 0 Å². The van der Waals surface area contributed by atoms with Crippen LogP contribution >= 0.6 is 11.6 Å². The Morgan fingerprint density at radius 2 is 2.37 bits per heavy atom. The van der Waals surface area contributed by atoms with Crippen LogP contribution in [0.5, 0.6) is 0 Å². The maximum absolute atomic E-state index is 13.3. The number of fused-ring (bicyclic) bond motifs is 1. The van der Waals surface area contributed by atoms with E-state index in [-0.39, 0.29) is 17.5 Å². The Morgan fingerprint density at radius 3 is 3.00 bits per heavy atom. The molecule has 3 rings (SSSR count). The third kappa shape index (κ3) is 1.85.